The van der Waals surface area contributed by atoms with Crippen LogP contribution in [-0.2, 0) is 0 Å². The number of hydrogen-bond acceptors (Lipinski definition) is 4. The van der Waals surface area contributed by atoms with Crippen LogP contribution in [0.2, 0.25) is 0 Å². The summed E-state index contributed by atoms with van der Waals surface area (Å²) in [5.74, 6) is 0.988. The maximum Gasteiger partial charge on any atom is 0.183 e. The Morgan fingerprint density at radius 1 is 1.50 bits per heavy atom. The molecule has 0 aromatic carbocycles. The molecule has 0 fully saturated rings. The molecular weight excluding hydrogens is 246 g/mol. The molecule has 0 saturated heterocycles. The number of rotatable bonds is 1. The van der Waals surface area contributed by atoms with Crippen LogP contribution in [-0.4, -0.2) is 10.1 Å². The summed E-state index contributed by atoms with van der Waals surface area (Å²) < 4.78 is 5.77. The highest BCUT2D eigenvalue weighted by atomic mass is 79.9. The molecule has 2 N–H and O–H groups in total. The third-order valence-electron chi connectivity index (χ3n) is 1.82. The van der Waals surface area contributed by atoms with E-state index in [0.29, 0.717) is 16.1 Å². The van der Waals surface area contributed by atoms with Crippen molar-refractivity contribution in [1.82, 2.24) is 10.1 Å². The lowest BCUT2D eigenvalue weighted by Gasteiger charge is -1.96. The fraction of sp³-hybridized carbons (Fsp3) is 0.111. The molecule has 4 nitrogen and oxygen atoms in total. The molecule has 14 heavy (non-hydrogen) atoms. The molecule has 0 aliphatic carbocycles. The van der Waals surface area contributed by atoms with E-state index in [1.165, 1.54) is 0 Å². The summed E-state index contributed by atoms with van der Waals surface area (Å²) >= 11 is 3.31. The molecule has 2 aromatic rings. The van der Waals surface area contributed by atoms with Gasteiger partial charge in [-0.05, 0) is 35.0 Å². The van der Waals surface area contributed by atoms with E-state index in [-0.39, 0.29) is 0 Å². The molecule has 0 aliphatic heterocycles. The molecule has 0 radical (unpaired) electrons. The minimum Gasteiger partial charge on any atom is -0.380 e. The van der Waals surface area contributed by atoms with Crippen LogP contribution in [0.4, 0.5) is 5.82 Å². The summed E-state index contributed by atoms with van der Waals surface area (Å²) in [6.45, 7) is 1.91. The Morgan fingerprint density at radius 3 is 2.86 bits per heavy atom. The van der Waals surface area contributed by atoms with Crippen LogP contribution in [0.3, 0.4) is 0 Å². The van der Waals surface area contributed by atoms with E-state index >= 15 is 0 Å². The molecule has 2 aromatic heterocycles. The second-order valence-corrected chi connectivity index (χ2v) is 3.69. The standard InChI is InChI=1S/C9H8BrN3O/c1-5-4-6(2-3-12-5)8-7(10)9(11)13-14-8/h2-4H,1H3,(H2,11,13). The molecule has 0 bridgehead atoms. The summed E-state index contributed by atoms with van der Waals surface area (Å²) in [5.41, 5.74) is 7.38. The highest BCUT2D eigenvalue weighted by Gasteiger charge is 2.12. The molecule has 72 valence electrons. The number of nitrogens with zero attached hydrogens (tertiary/aromatic N) is 2. The highest BCUT2D eigenvalue weighted by molar-refractivity contribution is 9.10. The second kappa shape index (κ2) is 3.42. The number of aromatic nitrogens is 2. The number of nitrogens with two attached hydrogens (primary N) is 1. The Bertz CT molecular complexity index is 467. The lowest BCUT2D eigenvalue weighted by Crippen LogP contribution is -1.84. The van der Waals surface area contributed by atoms with Crippen molar-refractivity contribution in [3.63, 3.8) is 0 Å². The van der Waals surface area contributed by atoms with Crippen molar-refractivity contribution >= 4 is 21.7 Å². The van der Waals surface area contributed by atoms with E-state index in [4.69, 9.17) is 10.3 Å². The third-order valence-corrected chi connectivity index (χ3v) is 2.58. The fourth-order valence-corrected chi connectivity index (χ4v) is 1.53. The van der Waals surface area contributed by atoms with Crippen molar-refractivity contribution in [3.05, 3.63) is 28.5 Å². The van der Waals surface area contributed by atoms with Gasteiger partial charge in [0.25, 0.3) is 0 Å². The number of aryl methyl sites for hydroxylation is 1. The molecule has 5 heteroatoms. The molecule has 0 saturated carbocycles. The van der Waals surface area contributed by atoms with E-state index in [1.54, 1.807) is 6.20 Å². The number of anilines is 1. The summed E-state index contributed by atoms with van der Waals surface area (Å²) in [7, 11) is 0. The van der Waals surface area contributed by atoms with Crippen molar-refractivity contribution < 1.29 is 4.52 Å². The van der Waals surface area contributed by atoms with Gasteiger partial charge in [-0.25, -0.2) is 0 Å². The average Bonchev–Trinajstić information content (AvgIpc) is 2.48. The zero-order valence-corrected chi connectivity index (χ0v) is 9.08. The summed E-state index contributed by atoms with van der Waals surface area (Å²) in [6, 6.07) is 3.75. The molecule has 0 amide bonds. The van der Waals surface area contributed by atoms with Crippen molar-refractivity contribution in [2.24, 2.45) is 0 Å². The van der Waals surface area contributed by atoms with Gasteiger partial charge in [0.15, 0.2) is 11.6 Å². The first-order valence-electron chi connectivity index (χ1n) is 4.02. The van der Waals surface area contributed by atoms with E-state index in [1.807, 2.05) is 19.1 Å². The maximum atomic E-state index is 5.55. The van der Waals surface area contributed by atoms with Crippen LogP contribution in [0.15, 0.2) is 27.3 Å². The molecule has 0 atom stereocenters. The summed E-state index contributed by atoms with van der Waals surface area (Å²) in [6.07, 6.45) is 1.72. The van der Waals surface area contributed by atoms with Gasteiger partial charge in [0.2, 0.25) is 0 Å². The minimum absolute atomic E-state index is 0.356. The predicted molar refractivity (Wildman–Crippen MR) is 56.6 cm³/mol. The van der Waals surface area contributed by atoms with E-state index in [0.717, 1.165) is 11.3 Å². The van der Waals surface area contributed by atoms with Crippen LogP contribution < -0.4 is 5.73 Å². The predicted octanol–water partition coefficient (Wildman–Crippen LogP) is 2.39. The lowest BCUT2D eigenvalue weighted by atomic mass is 10.2. The zero-order chi connectivity index (χ0) is 10.1. The largest absolute Gasteiger partial charge is 0.380 e. The van der Waals surface area contributed by atoms with Gasteiger partial charge < -0.3 is 10.3 Å². The quantitative estimate of drug-likeness (QED) is 0.848. The van der Waals surface area contributed by atoms with Crippen LogP contribution in [0, 0.1) is 6.92 Å². The van der Waals surface area contributed by atoms with Crippen molar-refractivity contribution in [1.29, 1.82) is 0 Å². The topological polar surface area (TPSA) is 64.9 Å². The summed E-state index contributed by atoms with van der Waals surface area (Å²) in [4.78, 5) is 4.09. The normalized spacial score (nSPS) is 10.4. The van der Waals surface area contributed by atoms with Crippen molar-refractivity contribution in [3.8, 4) is 11.3 Å². The number of halogens is 1. The Kier molecular flexibility index (Phi) is 2.25. The first-order valence-corrected chi connectivity index (χ1v) is 4.81. The Balaban J connectivity index is 2.55. The first kappa shape index (κ1) is 9.21. The van der Waals surface area contributed by atoms with Gasteiger partial charge in [-0.3, -0.25) is 4.98 Å². The van der Waals surface area contributed by atoms with Gasteiger partial charge in [-0.1, -0.05) is 5.16 Å². The van der Waals surface area contributed by atoms with E-state index in [9.17, 15) is 0 Å². The molecule has 0 spiro atoms. The molecule has 0 aliphatic rings. The zero-order valence-electron chi connectivity index (χ0n) is 7.49. The van der Waals surface area contributed by atoms with E-state index < -0.39 is 0 Å². The van der Waals surface area contributed by atoms with Gasteiger partial charge in [-0.2, -0.15) is 0 Å². The third kappa shape index (κ3) is 1.50. The molecule has 2 rings (SSSR count). The minimum atomic E-state index is 0.356. The lowest BCUT2D eigenvalue weighted by molar-refractivity contribution is 0.435. The molecule has 2 heterocycles. The number of hydrogen-bond donors (Lipinski definition) is 1. The smallest absolute Gasteiger partial charge is 0.183 e. The Hall–Kier alpha value is -1.36. The maximum absolute atomic E-state index is 5.55. The average molecular weight is 254 g/mol. The Morgan fingerprint density at radius 2 is 2.29 bits per heavy atom. The van der Waals surface area contributed by atoms with E-state index in [2.05, 4.69) is 26.1 Å². The monoisotopic (exact) mass is 253 g/mol. The van der Waals surface area contributed by atoms with Gasteiger partial charge >= 0.3 is 0 Å². The summed E-state index contributed by atoms with van der Waals surface area (Å²) in [5, 5.41) is 3.66. The fourth-order valence-electron chi connectivity index (χ4n) is 1.16. The van der Waals surface area contributed by atoms with Crippen molar-refractivity contribution in [2.75, 3.05) is 5.73 Å². The van der Waals surface area contributed by atoms with Crippen LogP contribution >= 0.6 is 15.9 Å². The van der Waals surface area contributed by atoms with Crippen LogP contribution in [0.1, 0.15) is 5.69 Å². The highest BCUT2D eigenvalue weighted by Crippen LogP contribution is 2.32. The van der Waals surface area contributed by atoms with Crippen LogP contribution in [0.5, 0.6) is 0 Å². The van der Waals surface area contributed by atoms with Crippen molar-refractivity contribution in [2.45, 2.75) is 6.92 Å². The number of nitrogen functional groups attached to an aromatic ring is 1. The number of pyridine rings is 1. The van der Waals surface area contributed by atoms with Gasteiger partial charge in [0, 0.05) is 17.5 Å². The molecular formula is C9H8BrN3O. The SMILES string of the molecule is Cc1cc(-c2onc(N)c2Br)ccn1. The first-order chi connectivity index (χ1) is 6.68. The van der Waals surface area contributed by atoms with Gasteiger partial charge in [-0.15, -0.1) is 0 Å². The Labute approximate surface area is 89.2 Å². The molecule has 0 unspecified atom stereocenters. The van der Waals surface area contributed by atoms with Gasteiger partial charge in [0.05, 0.1) is 0 Å². The van der Waals surface area contributed by atoms with Crippen LogP contribution in [0.25, 0.3) is 11.3 Å². The van der Waals surface area contributed by atoms with Gasteiger partial charge in [0.1, 0.15) is 4.47 Å². The second-order valence-electron chi connectivity index (χ2n) is 2.90.